The first-order chi connectivity index (χ1) is 9.76. The molecular weight excluding hydrogens is 250 g/mol. The molecule has 0 aliphatic rings. The summed E-state index contributed by atoms with van der Waals surface area (Å²) in [5.74, 6) is 0. The molecule has 0 fully saturated rings. The second-order valence-electron chi connectivity index (χ2n) is 4.83. The lowest BCUT2D eigenvalue weighted by molar-refractivity contribution is 0.203. The van der Waals surface area contributed by atoms with E-state index in [1.807, 2.05) is 13.8 Å². The maximum absolute atomic E-state index is 11.8. The average Bonchev–Trinajstić information content (AvgIpc) is 2.88. The van der Waals surface area contributed by atoms with Gasteiger partial charge in [-0.15, -0.1) is 0 Å². The number of benzene rings is 1. The van der Waals surface area contributed by atoms with Crippen LogP contribution in [-0.2, 0) is 6.54 Å². The fourth-order valence-corrected chi connectivity index (χ4v) is 2.40. The van der Waals surface area contributed by atoms with Crippen LogP contribution < -0.4 is 5.32 Å². The van der Waals surface area contributed by atoms with E-state index >= 15 is 0 Å². The first-order valence-electron chi connectivity index (χ1n) is 7.33. The molecule has 2 aromatic rings. The van der Waals surface area contributed by atoms with E-state index in [1.165, 1.54) is 10.9 Å². The molecule has 4 nitrogen and oxygen atoms in total. The van der Waals surface area contributed by atoms with Gasteiger partial charge in [-0.25, -0.2) is 4.79 Å². The highest BCUT2D eigenvalue weighted by atomic mass is 16.2. The Labute approximate surface area is 120 Å². The van der Waals surface area contributed by atoms with E-state index in [1.54, 1.807) is 4.90 Å². The number of nitrogens with one attached hydrogen (secondary N) is 1. The molecule has 0 saturated carbocycles. The Kier molecular flexibility index (Phi) is 5.04. The summed E-state index contributed by atoms with van der Waals surface area (Å²) >= 11 is 0. The highest BCUT2D eigenvalue weighted by molar-refractivity contribution is 5.79. The van der Waals surface area contributed by atoms with Gasteiger partial charge < -0.3 is 14.8 Å². The SMILES string of the molecule is CCN(CC)C(=O)NCCCn1ccc2ccccc21. The quantitative estimate of drug-likeness (QED) is 0.807. The highest BCUT2D eigenvalue weighted by Crippen LogP contribution is 2.15. The van der Waals surface area contributed by atoms with Gasteiger partial charge in [0.15, 0.2) is 0 Å². The van der Waals surface area contributed by atoms with E-state index in [4.69, 9.17) is 0 Å². The standard InChI is InChI=1S/C16H23N3O/c1-3-18(4-2)16(20)17-11-7-12-19-13-10-14-8-5-6-9-15(14)19/h5-6,8-10,13H,3-4,7,11-12H2,1-2H3,(H,17,20). The number of aromatic nitrogens is 1. The highest BCUT2D eigenvalue weighted by Gasteiger charge is 2.07. The van der Waals surface area contributed by atoms with E-state index in [-0.39, 0.29) is 6.03 Å². The number of amides is 2. The largest absolute Gasteiger partial charge is 0.347 e. The molecule has 108 valence electrons. The molecule has 0 spiro atoms. The van der Waals surface area contributed by atoms with Crippen LogP contribution in [0.15, 0.2) is 36.5 Å². The summed E-state index contributed by atoms with van der Waals surface area (Å²) in [5.41, 5.74) is 1.25. The molecule has 0 radical (unpaired) electrons. The summed E-state index contributed by atoms with van der Waals surface area (Å²) in [4.78, 5) is 13.6. The molecule has 1 heterocycles. The minimum absolute atomic E-state index is 0.0346. The molecule has 1 aromatic heterocycles. The van der Waals surface area contributed by atoms with Gasteiger partial charge in [0.1, 0.15) is 0 Å². The predicted molar refractivity (Wildman–Crippen MR) is 82.9 cm³/mol. The molecule has 1 N–H and O–H groups in total. The lowest BCUT2D eigenvalue weighted by Crippen LogP contribution is -2.40. The zero-order valence-corrected chi connectivity index (χ0v) is 12.3. The maximum Gasteiger partial charge on any atom is 0.317 e. The molecule has 0 aliphatic carbocycles. The molecule has 0 aliphatic heterocycles. The number of hydrogen-bond acceptors (Lipinski definition) is 1. The van der Waals surface area contributed by atoms with Crippen molar-refractivity contribution in [2.24, 2.45) is 0 Å². The summed E-state index contributed by atoms with van der Waals surface area (Å²) < 4.78 is 2.24. The maximum atomic E-state index is 11.8. The monoisotopic (exact) mass is 273 g/mol. The summed E-state index contributed by atoms with van der Waals surface area (Å²) in [6.07, 6.45) is 3.04. The number of fused-ring (bicyclic) bond motifs is 1. The van der Waals surface area contributed by atoms with Gasteiger partial charge >= 0.3 is 6.03 Å². The van der Waals surface area contributed by atoms with E-state index in [0.29, 0.717) is 6.54 Å². The molecule has 2 rings (SSSR count). The number of aryl methyl sites for hydroxylation is 1. The number of urea groups is 1. The van der Waals surface area contributed by atoms with E-state index in [2.05, 4.69) is 46.4 Å². The Bertz CT molecular complexity index is 558. The van der Waals surface area contributed by atoms with Crippen molar-refractivity contribution in [3.05, 3.63) is 36.5 Å². The van der Waals surface area contributed by atoms with Crippen molar-refractivity contribution in [3.8, 4) is 0 Å². The Balaban J connectivity index is 1.80. The summed E-state index contributed by atoms with van der Waals surface area (Å²) in [6, 6.07) is 10.5. The fourth-order valence-electron chi connectivity index (χ4n) is 2.40. The van der Waals surface area contributed by atoms with Crippen LogP contribution in [0.4, 0.5) is 4.79 Å². The Hall–Kier alpha value is -1.97. The molecule has 0 saturated heterocycles. The number of rotatable bonds is 6. The van der Waals surface area contributed by atoms with Crippen LogP contribution >= 0.6 is 0 Å². The number of nitrogens with zero attached hydrogens (tertiary/aromatic N) is 2. The fraction of sp³-hybridized carbons (Fsp3) is 0.438. The number of hydrogen-bond donors (Lipinski definition) is 1. The van der Waals surface area contributed by atoms with Crippen molar-refractivity contribution < 1.29 is 4.79 Å². The Morgan fingerprint density at radius 2 is 1.95 bits per heavy atom. The molecular formula is C16H23N3O. The van der Waals surface area contributed by atoms with Gasteiger partial charge in [0.2, 0.25) is 0 Å². The van der Waals surface area contributed by atoms with Crippen LogP contribution in [0, 0.1) is 0 Å². The minimum Gasteiger partial charge on any atom is -0.347 e. The smallest absolute Gasteiger partial charge is 0.317 e. The Morgan fingerprint density at radius 3 is 2.70 bits per heavy atom. The lowest BCUT2D eigenvalue weighted by Gasteiger charge is -2.19. The molecule has 4 heteroatoms. The first-order valence-corrected chi connectivity index (χ1v) is 7.33. The van der Waals surface area contributed by atoms with Gasteiger partial charge in [-0.2, -0.15) is 0 Å². The number of para-hydroxylation sites is 1. The van der Waals surface area contributed by atoms with Crippen molar-refractivity contribution in [1.29, 1.82) is 0 Å². The molecule has 2 amide bonds. The third-order valence-electron chi connectivity index (χ3n) is 3.58. The van der Waals surface area contributed by atoms with Crippen molar-refractivity contribution in [2.45, 2.75) is 26.8 Å². The van der Waals surface area contributed by atoms with Crippen LogP contribution in [0.2, 0.25) is 0 Å². The van der Waals surface area contributed by atoms with Gasteiger partial charge in [0.05, 0.1) is 0 Å². The van der Waals surface area contributed by atoms with Gasteiger partial charge in [0, 0.05) is 37.9 Å². The summed E-state index contributed by atoms with van der Waals surface area (Å²) in [5, 5.41) is 4.23. The van der Waals surface area contributed by atoms with Gasteiger partial charge in [-0.3, -0.25) is 0 Å². The second kappa shape index (κ2) is 6.98. The third kappa shape index (κ3) is 3.32. The van der Waals surface area contributed by atoms with Crippen molar-refractivity contribution in [1.82, 2.24) is 14.8 Å². The van der Waals surface area contributed by atoms with Crippen molar-refractivity contribution in [2.75, 3.05) is 19.6 Å². The number of carbonyl (C=O) groups excluding carboxylic acids is 1. The lowest BCUT2D eigenvalue weighted by atomic mass is 10.2. The van der Waals surface area contributed by atoms with Gasteiger partial charge in [0.25, 0.3) is 0 Å². The second-order valence-corrected chi connectivity index (χ2v) is 4.83. The molecule has 0 unspecified atom stereocenters. The topological polar surface area (TPSA) is 37.3 Å². The normalized spacial score (nSPS) is 10.7. The summed E-state index contributed by atoms with van der Waals surface area (Å²) in [6.45, 7) is 7.13. The molecule has 0 bridgehead atoms. The molecule has 0 atom stereocenters. The van der Waals surface area contributed by atoms with Crippen LogP contribution in [0.5, 0.6) is 0 Å². The van der Waals surface area contributed by atoms with E-state index in [0.717, 1.165) is 26.1 Å². The van der Waals surface area contributed by atoms with Crippen molar-refractivity contribution in [3.63, 3.8) is 0 Å². The zero-order valence-electron chi connectivity index (χ0n) is 12.3. The van der Waals surface area contributed by atoms with Gasteiger partial charge in [-0.05, 0) is 37.8 Å². The molecule has 1 aromatic carbocycles. The van der Waals surface area contributed by atoms with Gasteiger partial charge in [-0.1, -0.05) is 18.2 Å². The Morgan fingerprint density at radius 1 is 1.20 bits per heavy atom. The molecule has 20 heavy (non-hydrogen) atoms. The van der Waals surface area contributed by atoms with Crippen LogP contribution in [0.3, 0.4) is 0 Å². The average molecular weight is 273 g/mol. The summed E-state index contributed by atoms with van der Waals surface area (Å²) in [7, 11) is 0. The first kappa shape index (κ1) is 14.4. The number of carbonyl (C=O) groups is 1. The van der Waals surface area contributed by atoms with Crippen molar-refractivity contribution >= 4 is 16.9 Å². The third-order valence-corrected chi connectivity index (χ3v) is 3.58. The minimum atomic E-state index is 0.0346. The predicted octanol–water partition coefficient (Wildman–Crippen LogP) is 3.08. The van der Waals surface area contributed by atoms with E-state index < -0.39 is 0 Å². The van der Waals surface area contributed by atoms with Crippen LogP contribution in [0.25, 0.3) is 10.9 Å². The van der Waals surface area contributed by atoms with Crippen LogP contribution in [0.1, 0.15) is 20.3 Å². The van der Waals surface area contributed by atoms with E-state index in [9.17, 15) is 4.79 Å². The van der Waals surface area contributed by atoms with Crippen LogP contribution in [-0.4, -0.2) is 35.1 Å². The zero-order chi connectivity index (χ0) is 14.4.